The molecule has 0 bridgehead atoms. The molecule has 0 saturated carbocycles. The molecule has 0 radical (unpaired) electrons. The average molecular weight is 452 g/mol. The first-order chi connectivity index (χ1) is 14.1. The van der Waals surface area contributed by atoms with Crippen LogP contribution in [0.15, 0.2) is 59.2 Å². The summed E-state index contributed by atoms with van der Waals surface area (Å²) in [6, 6.07) is 14.2. The van der Waals surface area contributed by atoms with E-state index in [9.17, 15) is 9.18 Å². The van der Waals surface area contributed by atoms with Crippen LogP contribution in [0.1, 0.15) is 11.1 Å². The Morgan fingerprint density at radius 3 is 2.93 bits per heavy atom. The number of fused-ring (bicyclic) bond motifs is 2. The van der Waals surface area contributed by atoms with Gasteiger partial charge in [-0.25, -0.2) is 9.37 Å². The van der Waals surface area contributed by atoms with Crippen molar-refractivity contribution in [2.24, 2.45) is 0 Å². The summed E-state index contributed by atoms with van der Waals surface area (Å²) in [5, 5.41) is 10.5. The van der Waals surface area contributed by atoms with Crippen molar-refractivity contribution >= 4 is 39.0 Å². The molecule has 29 heavy (non-hydrogen) atoms. The zero-order chi connectivity index (χ0) is 20.0. The number of nitrogens with zero attached hydrogens (tertiary/aromatic N) is 3. The zero-order valence-electron chi connectivity index (χ0n) is 15.1. The van der Waals surface area contributed by atoms with Crippen LogP contribution in [0, 0.1) is 5.82 Å². The third-order valence-corrected chi connectivity index (χ3v) is 5.41. The number of amides is 1. The average Bonchev–Trinajstić information content (AvgIpc) is 3.28. The third-order valence-electron chi connectivity index (χ3n) is 4.85. The molecule has 3 heterocycles. The van der Waals surface area contributed by atoms with Gasteiger partial charge in [-0.3, -0.25) is 4.79 Å². The van der Waals surface area contributed by atoms with Crippen molar-refractivity contribution in [1.82, 2.24) is 14.6 Å². The van der Waals surface area contributed by atoms with Crippen LogP contribution in [0.4, 0.5) is 15.9 Å². The second-order valence-corrected chi connectivity index (χ2v) is 7.66. The van der Waals surface area contributed by atoms with E-state index in [0.29, 0.717) is 35.7 Å². The molecule has 0 atom stereocenters. The van der Waals surface area contributed by atoms with Crippen molar-refractivity contribution in [1.29, 1.82) is 0 Å². The molecule has 0 aliphatic carbocycles. The number of hydrogen-bond donors (Lipinski definition) is 2. The summed E-state index contributed by atoms with van der Waals surface area (Å²) in [4.78, 5) is 16.1. The van der Waals surface area contributed by atoms with Crippen LogP contribution in [0.3, 0.4) is 0 Å². The highest BCUT2D eigenvalue weighted by molar-refractivity contribution is 9.10. The number of rotatable bonds is 4. The molecule has 2 aromatic carbocycles. The van der Waals surface area contributed by atoms with Crippen LogP contribution in [0.2, 0.25) is 0 Å². The molecule has 144 valence electrons. The lowest BCUT2D eigenvalue weighted by atomic mass is 10.1. The minimum absolute atomic E-state index is 0.0110. The Morgan fingerprint density at radius 2 is 2.07 bits per heavy atom. The lowest BCUT2D eigenvalue weighted by Gasteiger charge is -2.12. The highest BCUT2D eigenvalue weighted by Gasteiger charge is 2.18. The Labute approximate surface area is 173 Å². The molecule has 5 rings (SSSR count). The summed E-state index contributed by atoms with van der Waals surface area (Å²) in [6.45, 7) is 0.523. The molecular weight excluding hydrogens is 437 g/mol. The Hall–Kier alpha value is -3.26. The van der Waals surface area contributed by atoms with Gasteiger partial charge in [0.1, 0.15) is 11.6 Å². The number of carbonyl (C=O) groups is 1. The van der Waals surface area contributed by atoms with Crippen LogP contribution in [-0.2, 0) is 17.8 Å². The molecule has 4 aromatic rings. The van der Waals surface area contributed by atoms with E-state index in [1.165, 1.54) is 6.07 Å². The fourth-order valence-electron chi connectivity index (χ4n) is 3.45. The smallest absolute Gasteiger partial charge is 0.228 e. The van der Waals surface area contributed by atoms with Gasteiger partial charge in [0.2, 0.25) is 5.91 Å². The van der Waals surface area contributed by atoms with Crippen LogP contribution in [0.5, 0.6) is 0 Å². The molecule has 0 saturated heterocycles. The fourth-order valence-corrected chi connectivity index (χ4v) is 3.80. The Bertz CT molecular complexity index is 1270. The van der Waals surface area contributed by atoms with Crippen LogP contribution >= 0.6 is 15.9 Å². The van der Waals surface area contributed by atoms with Crippen LogP contribution < -0.4 is 10.6 Å². The maximum atomic E-state index is 14.3. The molecule has 0 fully saturated rings. The van der Waals surface area contributed by atoms with Gasteiger partial charge in [0.25, 0.3) is 0 Å². The summed E-state index contributed by atoms with van der Waals surface area (Å²) in [5.41, 5.74) is 4.42. The van der Waals surface area contributed by atoms with Gasteiger partial charge in [0, 0.05) is 23.9 Å². The monoisotopic (exact) mass is 451 g/mol. The molecule has 2 N–H and O–H groups in total. The van der Waals surface area contributed by atoms with Crippen molar-refractivity contribution < 1.29 is 9.18 Å². The molecule has 2 aromatic heterocycles. The molecule has 6 nitrogen and oxygen atoms in total. The Kier molecular flexibility index (Phi) is 4.28. The normalized spacial score (nSPS) is 12.8. The largest absolute Gasteiger partial charge is 0.366 e. The minimum Gasteiger partial charge on any atom is -0.366 e. The van der Waals surface area contributed by atoms with Crippen LogP contribution in [-0.4, -0.2) is 20.5 Å². The first-order valence-corrected chi connectivity index (χ1v) is 9.82. The number of aromatic nitrogens is 3. The van der Waals surface area contributed by atoms with Gasteiger partial charge in [0.05, 0.1) is 22.8 Å². The highest BCUT2D eigenvalue weighted by Crippen LogP contribution is 2.28. The van der Waals surface area contributed by atoms with E-state index in [1.807, 2.05) is 18.2 Å². The van der Waals surface area contributed by atoms with E-state index in [-0.39, 0.29) is 11.7 Å². The maximum absolute atomic E-state index is 14.3. The van der Waals surface area contributed by atoms with Crippen LogP contribution in [0.25, 0.3) is 16.9 Å². The molecule has 0 spiro atoms. The summed E-state index contributed by atoms with van der Waals surface area (Å²) in [5.74, 6) is 0.368. The second-order valence-electron chi connectivity index (χ2n) is 6.80. The quantitative estimate of drug-likeness (QED) is 0.482. The number of nitrogens with one attached hydrogen (secondary N) is 2. The van der Waals surface area contributed by atoms with Crippen molar-refractivity contribution in [3.63, 3.8) is 0 Å². The van der Waals surface area contributed by atoms with Gasteiger partial charge >= 0.3 is 0 Å². The van der Waals surface area contributed by atoms with Crippen molar-refractivity contribution in [3.8, 4) is 11.3 Å². The van der Waals surface area contributed by atoms with E-state index in [1.54, 1.807) is 35.0 Å². The summed E-state index contributed by atoms with van der Waals surface area (Å²) >= 11 is 3.46. The predicted molar refractivity (Wildman–Crippen MR) is 112 cm³/mol. The molecule has 8 heteroatoms. The fraction of sp³-hybridized carbons (Fsp3) is 0.0952. The number of halogens is 2. The Balaban J connectivity index is 1.51. The molecular formula is C21H15BrFN5O. The van der Waals surface area contributed by atoms with E-state index in [0.717, 1.165) is 21.3 Å². The standard InChI is InChI=1S/C21H15BrFN5O/c22-15-11-25-28-19(9-18(27-21(15)28)14-3-1-2-4-16(14)23)24-10-12-5-6-17-13(7-12)8-20(29)26-17/h1-7,9,11,24H,8,10H2,(H,26,29). The van der Waals surface area contributed by atoms with Crippen molar-refractivity contribution in [2.75, 3.05) is 10.6 Å². The van der Waals surface area contributed by atoms with E-state index in [2.05, 4.69) is 36.6 Å². The predicted octanol–water partition coefficient (Wildman–Crippen LogP) is 4.40. The number of hydrogen-bond acceptors (Lipinski definition) is 4. The molecule has 0 unspecified atom stereocenters. The number of anilines is 2. The zero-order valence-corrected chi connectivity index (χ0v) is 16.7. The van der Waals surface area contributed by atoms with Gasteiger partial charge in [-0.2, -0.15) is 9.61 Å². The third kappa shape index (κ3) is 3.25. The van der Waals surface area contributed by atoms with E-state index in [4.69, 9.17) is 0 Å². The first kappa shape index (κ1) is 17.8. The van der Waals surface area contributed by atoms with E-state index >= 15 is 0 Å². The van der Waals surface area contributed by atoms with E-state index < -0.39 is 0 Å². The lowest BCUT2D eigenvalue weighted by molar-refractivity contribution is -0.115. The molecule has 1 aliphatic heterocycles. The summed E-state index contributed by atoms with van der Waals surface area (Å²) < 4.78 is 16.7. The van der Waals surface area contributed by atoms with Crippen molar-refractivity contribution in [3.05, 3.63) is 76.1 Å². The molecule has 1 amide bonds. The maximum Gasteiger partial charge on any atom is 0.228 e. The van der Waals surface area contributed by atoms with Gasteiger partial charge in [-0.05, 0) is 45.3 Å². The minimum atomic E-state index is -0.332. The number of carbonyl (C=O) groups excluding carboxylic acids is 1. The lowest BCUT2D eigenvalue weighted by Crippen LogP contribution is -2.07. The van der Waals surface area contributed by atoms with Gasteiger partial charge in [-0.15, -0.1) is 0 Å². The van der Waals surface area contributed by atoms with Crippen molar-refractivity contribution in [2.45, 2.75) is 13.0 Å². The second kappa shape index (κ2) is 6.97. The summed E-state index contributed by atoms with van der Waals surface area (Å²) in [6.07, 6.45) is 2.05. The SMILES string of the molecule is O=C1Cc2cc(CNc3cc(-c4ccccc4F)nc4c(Br)cnn34)ccc2N1. The van der Waals surface area contributed by atoms with Gasteiger partial charge < -0.3 is 10.6 Å². The highest BCUT2D eigenvalue weighted by atomic mass is 79.9. The number of benzene rings is 2. The van der Waals surface area contributed by atoms with Gasteiger partial charge in [-0.1, -0.05) is 24.3 Å². The summed E-state index contributed by atoms with van der Waals surface area (Å²) in [7, 11) is 0. The first-order valence-electron chi connectivity index (χ1n) is 9.03. The molecule has 1 aliphatic rings. The Morgan fingerprint density at radius 1 is 1.21 bits per heavy atom. The van der Waals surface area contributed by atoms with Gasteiger partial charge in [0.15, 0.2) is 5.65 Å². The topological polar surface area (TPSA) is 71.3 Å².